The Kier molecular flexibility index (Phi) is 5.83. The molecule has 58 valence electrons. The van der Waals surface area contributed by atoms with E-state index in [1.54, 1.807) is 0 Å². The van der Waals surface area contributed by atoms with E-state index in [1.165, 1.54) is 7.11 Å². The average Bonchev–Trinajstić information content (AvgIpc) is 1.98. The van der Waals surface area contributed by atoms with Crippen LogP contribution in [0.4, 0.5) is 0 Å². The molecule has 0 saturated carbocycles. The minimum Gasteiger partial charge on any atom is -0.469 e. The number of methoxy groups -OCH3 is 1. The summed E-state index contributed by atoms with van der Waals surface area (Å²) in [6.45, 7) is 2.06. The van der Waals surface area contributed by atoms with Crippen molar-refractivity contribution >= 4 is 5.97 Å². The van der Waals surface area contributed by atoms with Crippen molar-refractivity contribution < 1.29 is 9.53 Å². The van der Waals surface area contributed by atoms with Gasteiger partial charge in [0.25, 0.3) is 0 Å². The third-order valence-electron chi connectivity index (χ3n) is 1.15. The normalized spacial score (nSPS) is 10.2. The lowest BCUT2D eigenvalue weighted by Crippen LogP contribution is -1.97. The van der Waals surface area contributed by atoms with Gasteiger partial charge in [0.2, 0.25) is 0 Å². The Morgan fingerprint density at radius 2 is 2.20 bits per heavy atom. The van der Waals surface area contributed by atoms with Gasteiger partial charge >= 0.3 is 5.97 Å². The summed E-state index contributed by atoms with van der Waals surface area (Å²) in [5, 5.41) is 0. The van der Waals surface area contributed by atoms with Crippen LogP contribution < -0.4 is 0 Å². The maximum atomic E-state index is 10.5. The van der Waals surface area contributed by atoms with Crippen molar-refractivity contribution in [3.63, 3.8) is 0 Å². The molecular weight excluding hydrogens is 128 g/mol. The number of esters is 1. The molecule has 0 radical (unpaired) electrons. The zero-order chi connectivity index (χ0) is 7.82. The summed E-state index contributed by atoms with van der Waals surface area (Å²) in [5.41, 5.74) is 0. The minimum absolute atomic E-state index is 0.138. The quantitative estimate of drug-likeness (QED) is 0.442. The van der Waals surface area contributed by atoms with Gasteiger partial charge in [-0.05, 0) is 12.8 Å². The van der Waals surface area contributed by atoms with E-state index in [-0.39, 0.29) is 5.97 Å². The predicted molar refractivity (Wildman–Crippen MR) is 40.7 cm³/mol. The molecule has 0 fully saturated rings. The fourth-order valence-electron chi connectivity index (χ4n) is 0.588. The van der Waals surface area contributed by atoms with Crippen LogP contribution in [0.3, 0.4) is 0 Å². The Bertz CT molecular complexity index is 116. The van der Waals surface area contributed by atoms with Gasteiger partial charge in [-0.1, -0.05) is 19.1 Å². The number of hydrogen-bond donors (Lipinski definition) is 0. The topological polar surface area (TPSA) is 26.3 Å². The zero-order valence-corrected chi connectivity index (χ0v) is 6.59. The van der Waals surface area contributed by atoms with Crippen LogP contribution in [0.15, 0.2) is 12.2 Å². The average molecular weight is 142 g/mol. The highest BCUT2D eigenvalue weighted by molar-refractivity contribution is 5.69. The van der Waals surface area contributed by atoms with Crippen molar-refractivity contribution in [1.82, 2.24) is 0 Å². The molecule has 2 nitrogen and oxygen atoms in total. The first-order chi connectivity index (χ1) is 4.81. The minimum atomic E-state index is -0.138. The smallest absolute Gasteiger partial charge is 0.305 e. The number of carbonyl (C=O) groups is 1. The molecule has 0 amide bonds. The Labute approximate surface area is 61.9 Å². The van der Waals surface area contributed by atoms with Crippen molar-refractivity contribution in [2.45, 2.75) is 26.2 Å². The molecule has 0 bridgehead atoms. The Balaban J connectivity index is 3.19. The highest BCUT2D eigenvalue weighted by atomic mass is 16.5. The summed E-state index contributed by atoms with van der Waals surface area (Å²) in [6.07, 6.45) is 6.36. The molecule has 2 heteroatoms. The van der Waals surface area contributed by atoms with Gasteiger partial charge in [0, 0.05) is 6.42 Å². The monoisotopic (exact) mass is 142 g/mol. The van der Waals surface area contributed by atoms with Crippen LogP contribution in [0.25, 0.3) is 0 Å². The number of ether oxygens (including phenoxy) is 1. The van der Waals surface area contributed by atoms with Crippen molar-refractivity contribution in [3.05, 3.63) is 12.2 Å². The fraction of sp³-hybridized carbons (Fsp3) is 0.625. The number of hydrogen-bond acceptors (Lipinski definition) is 2. The van der Waals surface area contributed by atoms with E-state index in [9.17, 15) is 4.79 Å². The third kappa shape index (κ3) is 5.35. The maximum Gasteiger partial charge on any atom is 0.305 e. The lowest BCUT2D eigenvalue weighted by atomic mass is 10.3. The van der Waals surface area contributed by atoms with Gasteiger partial charge in [0.05, 0.1) is 7.11 Å². The predicted octanol–water partition coefficient (Wildman–Crippen LogP) is 1.91. The standard InChI is InChI=1S/C8H14O2/c1-3-4-5-6-7-8(9)10-2/h4-5H,3,6-7H2,1-2H3/b5-4-. The van der Waals surface area contributed by atoms with Crippen molar-refractivity contribution in [2.24, 2.45) is 0 Å². The van der Waals surface area contributed by atoms with E-state index in [1.807, 2.05) is 12.2 Å². The summed E-state index contributed by atoms with van der Waals surface area (Å²) < 4.78 is 4.46. The molecule has 0 aromatic heterocycles. The van der Waals surface area contributed by atoms with Crippen LogP contribution in [0.5, 0.6) is 0 Å². The Hall–Kier alpha value is -0.790. The molecule has 0 rings (SSSR count). The molecule has 0 aliphatic rings. The summed E-state index contributed by atoms with van der Waals surface area (Å²) in [5.74, 6) is -0.138. The molecule has 0 spiro atoms. The van der Waals surface area contributed by atoms with Crippen molar-refractivity contribution in [1.29, 1.82) is 0 Å². The van der Waals surface area contributed by atoms with E-state index in [0.29, 0.717) is 6.42 Å². The zero-order valence-electron chi connectivity index (χ0n) is 6.59. The second kappa shape index (κ2) is 6.33. The first-order valence-electron chi connectivity index (χ1n) is 3.53. The van der Waals surface area contributed by atoms with Crippen LogP contribution in [0, 0.1) is 0 Å². The molecular formula is C8H14O2. The highest BCUT2D eigenvalue weighted by Crippen LogP contribution is 1.93. The molecule has 10 heavy (non-hydrogen) atoms. The van der Waals surface area contributed by atoms with Crippen LogP contribution in [-0.4, -0.2) is 13.1 Å². The molecule has 0 atom stereocenters. The number of carbonyl (C=O) groups excluding carboxylic acids is 1. The first-order valence-corrected chi connectivity index (χ1v) is 3.53. The van der Waals surface area contributed by atoms with Gasteiger partial charge in [-0.15, -0.1) is 0 Å². The first kappa shape index (κ1) is 9.21. The molecule has 0 aromatic carbocycles. The van der Waals surface area contributed by atoms with Crippen molar-refractivity contribution in [2.75, 3.05) is 7.11 Å². The molecule has 0 unspecified atom stereocenters. The number of allylic oxidation sites excluding steroid dienone is 2. The van der Waals surface area contributed by atoms with Gasteiger partial charge < -0.3 is 4.74 Å². The molecule has 0 aliphatic carbocycles. The van der Waals surface area contributed by atoms with E-state index in [4.69, 9.17) is 0 Å². The largest absolute Gasteiger partial charge is 0.469 e. The second-order valence-electron chi connectivity index (χ2n) is 1.99. The molecule has 0 aliphatic heterocycles. The van der Waals surface area contributed by atoms with Gasteiger partial charge in [0.1, 0.15) is 0 Å². The Morgan fingerprint density at radius 3 is 2.70 bits per heavy atom. The van der Waals surface area contributed by atoms with Gasteiger partial charge in [-0.3, -0.25) is 4.79 Å². The van der Waals surface area contributed by atoms with E-state index >= 15 is 0 Å². The molecule has 0 heterocycles. The maximum absolute atomic E-state index is 10.5. The summed E-state index contributed by atoms with van der Waals surface area (Å²) in [7, 11) is 1.41. The van der Waals surface area contributed by atoms with E-state index < -0.39 is 0 Å². The lowest BCUT2D eigenvalue weighted by Gasteiger charge is -1.92. The number of rotatable bonds is 4. The van der Waals surface area contributed by atoms with E-state index in [2.05, 4.69) is 11.7 Å². The molecule has 0 N–H and O–H groups in total. The molecule has 0 saturated heterocycles. The summed E-state index contributed by atoms with van der Waals surface area (Å²) >= 11 is 0. The highest BCUT2D eigenvalue weighted by Gasteiger charge is 1.94. The van der Waals surface area contributed by atoms with Crippen LogP contribution in [-0.2, 0) is 9.53 Å². The van der Waals surface area contributed by atoms with Gasteiger partial charge in [0.15, 0.2) is 0 Å². The van der Waals surface area contributed by atoms with Gasteiger partial charge in [-0.2, -0.15) is 0 Å². The van der Waals surface area contributed by atoms with Crippen LogP contribution in [0.2, 0.25) is 0 Å². The second-order valence-corrected chi connectivity index (χ2v) is 1.99. The summed E-state index contributed by atoms with van der Waals surface area (Å²) in [6, 6.07) is 0. The van der Waals surface area contributed by atoms with Gasteiger partial charge in [-0.25, -0.2) is 0 Å². The third-order valence-corrected chi connectivity index (χ3v) is 1.15. The fourth-order valence-corrected chi connectivity index (χ4v) is 0.588. The lowest BCUT2D eigenvalue weighted by molar-refractivity contribution is -0.140. The van der Waals surface area contributed by atoms with Crippen molar-refractivity contribution in [3.8, 4) is 0 Å². The summed E-state index contributed by atoms with van der Waals surface area (Å²) in [4.78, 5) is 10.5. The Morgan fingerprint density at radius 1 is 1.50 bits per heavy atom. The SMILES string of the molecule is CC/C=C\CCC(=O)OC. The van der Waals surface area contributed by atoms with Crippen LogP contribution in [0.1, 0.15) is 26.2 Å². The van der Waals surface area contributed by atoms with Crippen LogP contribution >= 0.6 is 0 Å². The molecule has 0 aromatic rings. The van der Waals surface area contributed by atoms with E-state index in [0.717, 1.165) is 12.8 Å².